The zero-order valence-corrected chi connectivity index (χ0v) is 14.4. The number of H-pyrrole nitrogens is 1. The third kappa shape index (κ3) is 1.75. The molecule has 3 nitrogen and oxygen atoms in total. The molecule has 0 amide bonds. The second kappa shape index (κ2) is 4.67. The Morgan fingerprint density at radius 2 is 1.14 bits per heavy atom. The van der Waals surface area contributed by atoms with Gasteiger partial charge in [0.2, 0.25) is 0 Å². The molecule has 0 saturated heterocycles. The second-order valence-corrected chi connectivity index (χ2v) is 6.37. The summed E-state index contributed by atoms with van der Waals surface area (Å²) in [6.07, 6.45) is 0. The Morgan fingerprint density at radius 1 is 0.636 bits per heavy atom. The fourth-order valence-corrected chi connectivity index (χ4v) is 3.55. The van der Waals surface area contributed by atoms with Crippen molar-refractivity contribution in [3.8, 4) is 0 Å². The molecule has 0 aliphatic heterocycles. The second-order valence-electron chi connectivity index (χ2n) is 6.37. The largest absolute Gasteiger partial charge is 0.310 e. The summed E-state index contributed by atoms with van der Waals surface area (Å²) in [6.45, 7) is 14.6. The highest BCUT2D eigenvalue weighted by Gasteiger charge is 2.19. The van der Waals surface area contributed by atoms with Crippen LogP contribution in [0.1, 0.15) is 39.2 Å². The summed E-state index contributed by atoms with van der Waals surface area (Å²) >= 11 is 0. The van der Waals surface area contributed by atoms with Gasteiger partial charge in [-0.05, 0) is 87.2 Å². The predicted molar refractivity (Wildman–Crippen MR) is 93.0 cm³/mol. The molecule has 0 saturated carbocycles. The average Bonchev–Trinajstić information content (AvgIpc) is 2.46. The van der Waals surface area contributed by atoms with Crippen LogP contribution in [-0.4, -0.2) is 9.97 Å². The van der Waals surface area contributed by atoms with Crippen LogP contribution in [0, 0.1) is 48.5 Å². The summed E-state index contributed by atoms with van der Waals surface area (Å²) in [5, 5.41) is 3.00. The summed E-state index contributed by atoms with van der Waals surface area (Å²) in [7, 11) is 0. The van der Waals surface area contributed by atoms with Gasteiger partial charge in [-0.15, -0.1) is 0 Å². The van der Waals surface area contributed by atoms with Crippen molar-refractivity contribution in [1.29, 1.82) is 0 Å². The smallest absolute Gasteiger partial charge is 0.259 e. The number of aromatic nitrogens is 2. The lowest BCUT2D eigenvalue weighted by Crippen LogP contribution is -2.13. The Balaban J connectivity index is 2.83. The lowest BCUT2D eigenvalue weighted by Gasteiger charge is -2.19. The van der Waals surface area contributed by atoms with Gasteiger partial charge in [0.25, 0.3) is 5.56 Å². The van der Waals surface area contributed by atoms with Crippen LogP contribution in [-0.2, 0) is 0 Å². The van der Waals surface area contributed by atoms with Crippen LogP contribution in [0.5, 0.6) is 0 Å². The lowest BCUT2D eigenvalue weighted by molar-refractivity contribution is 1.05. The first-order valence-electron chi connectivity index (χ1n) is 7.65. The number of benzene rings is 2. The molecule has 22 heavy (non-hydrogen) atoms. The number of hydrogen-bond acceptors (Lipinski definition) is 2. The predicted octanol–water partition coefficient (Wildman–Crippen LogP) is 4.24. The molecule has 3 rings (SSSR count). The zero-order valence-electron chi connectivity index (χ0n) is 14.4. The van der Waals surface area contributed by atoms with Crippen LogP contribution in [0.3, 0.4) is 0 Å². The van der Waals surface area contributed by atoms with E-state index in [1.807, 2.05) is 6.92 Å². The summed E-state index contributed by atoms with van der Waals surface area (Å²) in [5.41, 5.74) is 8.13. The molecule has 1 heterocycles. The maximum atomic E-state index is 12.6. The normalized spacial score (nSPS) is 11.6. The Hall–Kier alpha value is -2.16. The van der Waals surface area contributed by atoms with Crippen LogP contribution < -0.4 is 5.56 Å². The topological polar surface area (TPSA) is 45.8 Å². The third-order valence-electron chi connectivity index (χ3n) is 5.27. The van der Waals surface area contributed by atoms with Crippen LogP contribution in [0.2, 0.25) is 0 Å². The SMILES string of the molecule is Cc1nc2c(C)c(C)c3c(C)c(C)c(C)c(C)c3c2c(=O)[nH]1. The molecule has 2 aromatic carbocycles. The number of fused-ring (bicyclic) bond motifs is 3. The van der Waals surface area contributed by atoms with Crippen LogP contribution >= 0.6 is 0 Å². The van der Waals surface area contributed by atoms with Gasteiger partial charge in [0.15, 0.2) is 0 Å². The maximum Gasteiger partial charge on any atom is 0.259 e. The van der Waals surface area contributed by atoms with Crippen molar-refractivity contribution in [1.82, 2.24) is 9.97 Å². The van der Waals surface area contributed by atoms with E-state index >= 15 is 0 Å². The van der Waals surface area contributed by atoms with Crippen molar-refractivity contribution in [2.24, 2.45) is 0 Å². The number of rotatable bonds is 0. The minimum Gasteiger partial charge on any atom is -0.310 e. The first-order valence-corrected chi connectivity index (χ1v) is 7.65. The van der Waals surface area contributed by atoms with Crippen LogP contribution in [0.25, 0.3) is 21.7 Å². The van der Waals surface area contributed by atoms with E-state index < -0.39 is 0 Å². The van der Waals surface area contributed by atoms with E-state index in [0.717, 1.165) is 21.9 Å². The molecule has 0 aliphatic rings. The van der Waals surface area contributed by atoms with Crippen LogP contribution in [0.4, 0.5) is 0 Å². The lowest BCUT2D eigenvalue weighted by atomic mass is 9.86. The van der Waals surface area contributed by atoms with Gasteiger partial charge in [-0.2, -0.15) is 0 Å². The molecule has 114 valence electrons. The van der Waals surface area contributed by atoms with Gasteiger partial charge < -0.3 is 4.98 Å². The molecule has 1 N–H and O–H groups in total. The van der Waals surface area contributed by atoms with Gasteiger partial charge in [-0.25, -0.2) is 4.98 Å². The summed E-state index contributed by atoms with van der Waals surface area (Å²) in [6, 6.07) is 0. The number of aromatic amines is 1. The number of hydrogen-bond donors (Lipinski definition) is 1. The minimum absolute atomic E-state index is 0.0404. The van der Waals surface area contributed by atoms with E-state index in [2.05, 4.69) is 51.5 Å². The molecular formula is C19H22N2O. The first kappa shape index (κ1) is 14.8. The Bertz CT molecular complexity index is 1010. The molecule has 0 unspecified atom stereocenters. The summed E-state index contributed by atoms with van der Waals surface area (Å²) in [4.78, 5) is 20.1. The monoisotopic (exact) mass is 294 g/mol. The van der Waals surface area contributed by atoms with Gasteiger partial charge in [0.05, 0.1) is 10.9 Å². The Labute approximate surface area is 130 Å². The van der Waals surface area contributed by atoms with Crippen molar-refractivity contribution in [3.63, 3.8) is 0 Å². The fraction of sp³-hybridized carbons (Fsp3) is 0.368. The van der Waals surface area contributed by atoms with Crippen molar-refractivity contribution in [2.75, 3.05) is 0 Å². The summed E-state index contributed by atoms with van der Waals surface area (Å²) in [5.74, 6) is 0.664. The van der Waals surface area contributed by atoms with Crippen LogP contribution in [0.15, 0.2) is 4.79 Å². The molecule has 0 spiro atoms. The zero-order chi connectivity index (χ0) is 16.3. The minimum atomic E-state index is -0.0404. The van der Waals surface area contributed by atoms with Crippen molar-refractivity contribution < 1.29 is 0 Å². The van der Waals surface area contributed by atoms with E-state index in [4.69, 9.17) is 0 Å². The number of nitrogens with zero attached hydrogens (tertiary/aromatic N) is 1. The summed E-state index contributed by atoms with van der Waals surface area (Å²) < 4.78 is 0. The molecule has 0 bridgehead atoms. The highest BCUT2D eigenvalue weighted by molar-refractivity contribution is 6.12. The van der Waals surface area contributed by atoms with Gasteiger partial charge in [-0.1, -0.05) is 0 Å². The molecule has 0 fully saturated rings. The van der Waals surface area contributed by atoms with Crippen molar-refractivity contribution in [2.45, 2.75) is 48.5 Å². The quantitative estimate of drug-likeness (QED) is 0.630. The number of aryl methyl sites for hydroxylation is 5. The molecule has 0 aliphatic carbocycles. The molecule has 0 radical (unpaired) electrons. The van der Waals surface area contributed by atoms with Gasteiger partial charge in [-0.3, -0.25) is 4.79 Å². The van der Waals surface area contributed by atoms with Crippen molar-refractivity contribution in [3.05, 3.63) is 49.6 Å². The van der Waals surface area contributed by atoms with E-state index in [0.29, 0.717) is 5.82 Å². The number of nitrogens with one attached hydrogen (secondary N) is 1. The third-order valence-corrected chi connectivity index (χ3v) is 5.27. The van der Waals surface area contributed by atoms with E-state index in [-0.39, 0.29) is 5.56 Å². The van der Waals surface area contributed by atoms with Gasteiger partial charge >= 0.3 is 0 Å². The van der Waals surface area contributed by atoms with Crippen molar-refractivity contribution >= 4 is 21.7 Å². The molecule has 3 heteroatoms. The molecule has 0 atom stereocenters. The van der Waals surface area contributed by atoms with Gasteiger partial charge in [0.1, 0.15) is 5.82 Å². The first-order chi connectivity index (χ1) is 10.3. The van der Waals surface area contributed by atoms with E-state index in [1.54, 1.807) is 0 Å². The Kier molecular flexibility index (Phi) is 3.13. The molecule has 1 aromatic heterocycles. The van der Waals surface area contributed by atoms with E-state index in [9.17, 15) is 4.79 Å². The highest BCUT2D eigenvalue weighted by Crippen LogP contribution is 2.36. The Morgan fingerprint density at radius 3 is 1.73 bits per heavy atom. The molecule has 3 aromatic rings. The standard InChI is InChI=1S/C19H22N2O/c1-8-9(2)11(4)16-15(10(8)3)12(5)13(6)18-17(16)19(22)21-14(7)20-18/h1-7H3,(H,20,21,22). The average molecular weight is 294 g/mol. The van der Waals surface area contributed by atoms with Gasteiger partial charge in [0, 0.05) is 5.39 Å². The fourth-order valence-electron chi connectivity index (χ4n) is 3.55. The van der Waals surface area contributed by atoms with E-state index in [1.165, 1.54) is 33.2 Å². The maximum absolute atomic E-state index is 12.6. The highest BCUT2D eigenvalue weighted by atomic mass is 16.1. The molecular weight excluding hydrogens is 272 g/mol.